The van der Waals surface area contributed by atoms with Gasteiger partial charge in [0.1, 0.15) is 5.56 Å². The summed E-state index contributed by atoms with van der Waals surface area (Å²) < 4.78 is 13.0. The van der Waals surface area contributed by atoms with Crippen LogP contribution < -0.4 is 10.2 Å². The van der Waals surface area contributed by atoms with Gasteiger partial charge in [0.15, 0.2) is 11.5 Å². The van der Waals surface area contributed by atoms with Gasteiger partial charge in [0, 0.05) is 38.5 Å². The number of aromatic nitrogens is 1. The molecule has 0 N–H and O–H groups in total. The minimum absolute atomic E-state index is 0.0467. The quantitative estimate of drug-likeness (QED) is 0.471. The molecule has 2 aliphatic rings. The van der Waals surface area contributed by atoms with Crippen molar-refractivity contribution in [1.82, 2.24) is 4.57 Å². The predicted molar refractivity (Wildman–Crippen MR) is 129 cm³/mol. The fourth-order valence-electron chi connectivity index (χ4n) is 4.66. The molecule has 1 saturated carbocycles. The van der Waals surface area contributed by atoms with Gasteiger partial charge in [-0.1, -0.05) is 13.8 Å². The maximum Gasteiger partial charge on any atom is 0.343 e. The summed E-state index contributed by atoms with van der Waals surface area (Å²) in [5.41, 5.74) is 1.68. The van der Waals surface area contributed by atoms with E-state index in [1.165, 1.54) is 0 Å². The van der Waals surface area contributed by atoms with E-state index in [9.17, 15) is 14.4 Å². The van der Waals surface area contributed by atoms with E-state index in [4.69, 9.17) is 9.47 Å². The number of thiophene rings is 1. The molecule has 0 radical (unpaired) electrons. The van der Waals surface area contributed by atoms with Crippen LogP contribution in [0.4, 0.5) is 0 Å². The lowest BCUT2D eigenvalue weighted by Gasteiger charge is -2.27. The molecule has 7 heteroatoms. The third-order valence-corrected chi connectivity index (χ3v) is 7.93. The first-order valence-corrected chi connectivity index (χ1v) is 12.2. The maximum absolute atomic E-state index is 13.2. The van der Waals surface area contributed by atoms with Gasteiger partial charge in [-0.25, -0.2) is 4.79 Å². The number of Topliss-reactive ketones (excluding diaryl/α,β-unsaturated/α-hetero) is 1. The van der Waals surface area contributed by atoms with Crippen molar-refractivity contribution in [2.24, 2.45) is 5.41 Å². The summed E-state index contributed by atoms with van der Waals surface area (Å²) in [6, 6.07) is 5.81. The van der Waals surface area contributed by atoms with Gasteiger partial charge in [-0.3, -0.25) is 9.59 Å². The molecule has 6 nitrogen and oxygen atoms in total. The van der Waals surface area contributed by atoms with Gasteiger partial charge in [-0.15, -0.1) is 11.3 Å². The number of hydrogen-bond donors (Lipinski definition) is 0. The molecule has 0 unspecified atom stereocenters. The molecule has 172 valence electrons. The third-order valence-electron chi connectivity index (χ3n) is 6.70. The Bertz CT molecular complexity index is 1360. The first-order chi connectivity index (χ1) is 15.8. The van der Waals surface area contributed by atoms with E-state index in [1.807, 2.05) is 30.5 Å². The molecule has 2 heterocycles. The number of esters is 1. The van der Waals surface area contributed by atoms with Crippen molar-refractivity contribution in [1.29, 1.82) is 0 Å². The maximum atomic E-state index is 13.2. The minimum Gasteiger partial charge on any atom is -0.494 e. The Hall–Kier alpha value is -2.93. The molecule has 1 aromatic carbocycles. The van der Waals surface area contributed by atoms with E-state index in [1.54, 1.807) is 37.6 Å². The molecule has 2 aliphatic carbocycles. The van der Waals surface area contributed by atoms with Gasteiger partial charge in [-0.2, -0.15) is 0 Å². The molecular weight excluding hydrogens is 438 g/mol. The van der Waals surface area contributed by atoms with Crippen LogP contribution in [0, 0.1) is 5.41 Å². The van der Waals surface area contributed by atoms with Crippen molar-refractivity contribution in [2.45, 2.75) is 52.5 Å². The molecule has 0 bridgehead atoms. The van der Waals surface area contributed by atoms with Crippen molar-refractivity contribution in [3.05, 3.63) is 50.6 Å². The Labute approximate surface area is 196 Å². The fraction of sp³-hybridized carbons (Fsp3) is 0.423. The van der Waals surface area contributed by atoms with Gasteiger partial charge in [0.05, 0.1) is 24.6 Å². The van der Waals surface area contributed by atoms with Crippen molar-refractivity contribution < 1.29 is 19.1 Å². The van der Waals surface area contributed by atoms with Crippen LogP contribution in [0.1, 0.15) is 71.7 Å². The van der Waals surface area contributed by atoms with Crippen molar-refractivity contribution in [2.75, 3.05) is 13.7 Å². The largest absolute Gasteiger partial charge is 0.494 e. The van der Waals surface area contributed by atoms with E-state index in [2.05, 4.69) is 0 Å². The summed E-state index contributed by atoms with van der Waals surface area (Å²) in [6.07, 6.45) is 5.29. The van der Waals surface area contributed by atoms with Crippen LogP contribution in [-0.4, -0.2) is 30.0 Å². The molecule has 33 heavy (non-hydrogen) atoms. The highest BCUT2D eigenvalue weighted by molar-refractivity contribution is 7.16. The topological polar surface area (TPSA) is 74.6 Å². The van der Waals surface area contributed by atoms with Crippen LogP contribution in [0.5, 0.6) is 5.75 Å². The third kappa shape index (κ3) is 3.50. The Morgan fingerprint density at radius 1 is 1.21 bits per heavy atom. The number of nitrogens with zero attached hydrogens (tertiary/aromatic N) is 1. The summed E-state index contributed by atoms with van der Waals surface area (Å²) in [4.78, 5) is 40.7. The highest BCUT2D eigenvalue weighted by atomic mass is 32.1. The van der Waals surface area contributed by atoms with E-state index in [0.717, 1.165) is 46.6 Å². The van der Waals surface area contributed by atoms with Gasteiger partial charge in [0.25, 0.3) is 0 Å². The average molecular weight is 466 g/mol. The standard InChI is InChI=1S/C26H27NO5S/c1-5-32-25(30)18-13-27(14-6-7-14)21-16(22(18)28)9-8-15(23(21)31-4)20-12-17-19(33-20)10-11-26(2,3)24(17)29/h8-9,12-14H,5-7,10-11H2,1-4H3. The normalized spacial score (nSPS) is 17.2. The van der Waals surface area contributed by atoms with Gasteiger partial charge in [0.2, 0.25) is 5.43 Å². The van der Waals surface area contributed by atoms with Crippen molar-refractivity contribution >= 4 is 34.0 Å². The van der Waals surface area contributed by atoms with Crippen LogP contribution in [-0.2, 0) is 11.2 Å². The zero-order chi connectivity index (χ0) is 23.5. The summed E-state index contributed by atoms with van der Waals surface area (Å²) in [5, 5.41) is 0.437. The Kier molecular flexibility index (Phi) is 5.20. The first kappa shape index (κ1) is 21.9. The number of carbonyl (C=O) groups is 2. The Morgan fingerprint density at radius 2 is 1.97 bits per heavy atom. The number of aryl methyl sites for hydroxylation is 1. The highest BCUT2D eigenvalue weighted by Crippen LogP contribution is 2.46. The molecule has 3 aromatic rings. The lowest BCUT2D eigenvalue weighted by molar-refractivity contribution is 0.0524. The first-order valence-electron chi connectivity index (χ1n) is 11.4. The summed E-state index contributed by atoms with van der Waals surface area (Å²) in [6.45, 7) is 5.93. The number of ether oxygens (including phenoxy) is 2. The number of hydrogen-bond acceptors (Lipinski definition) is 6. The second-order valence-electron chi connectivity index (χ2n) is 9.43. The zero-order valence-corrected chi connectivity index (χ0v) is 20.1. The number of rotatable bonds is 5. The lowest BCUT2D eigenvalue weighted by atomic mass is 9.76. The van der Waals surface area contributed by atoms with Crippen LogP contribution in [0.2, 0.25) is 0 Å². The van der Waals surface area contributed by atoms with E-state index in [0.29, 0.717) is 16.7 Å². The summed E-state index contributed by atoms with van der Waals surface area (Å²) in [5.74, 6) is 0.172. The molecule has 1 fully saturated rings. The summed E-state index contributed by atoms with van der Waals surface area (Å²) in [7, 11) is 1.60. The second kappa shape index (κ2) is 7.83. The van der Waals surface area contributed by atoms with Crippen LogP contribution in [0.3, 0.4) is 0 Å². The van der Waals surface area contributed by atoms with Crippen LogP contribution in [0.15, 0.2) is 29.2 Å². The number of carbonyl (C=O) groups excluding carboxylic acids is 2. The molecule has 0 amide bonds. The molecule has 0 atom stereocenters. The molecule has 2 aromatic heterocycles. The number of ketones is 1. The van der Waals surface area contributed by atoms with Gasteiger partial charge in [-0.05, 0) is 50.8 Å². The number of methoxy groups -OCH3 is 1. The van der Waals surface area contributed by atoms with Crippen LogP contribution in [0.25, 0.3) is 21.3 Å². The van der Waals surface area contributed by atoms with E-state index >= 15 is 0 Å². The van der Waals surface area contributed by atoms with Crippen LogP contribution >= 0.6 is 11.3 Å². The molecular formula is C26H27NO5S. The Morgan fingerprint density at radius 3 is 2.64 bits per heavy atom. The highest BCUT2D eigenvalue weighted by Gasteiger charge is 2.36. The number of fused-ring (bicyclic) bond motifs is 2. The van der Waals surface area contributed by atoms with Gasteiger partial charge >= 0.3 is 5.97 Å². The minimum atomic E-state index is -0.603. The number of benzene rings is 1. The molecule has 0 aliphatic heterocycles. The molecule has 0 spiro atoms. The van der Waals surface area contributed by atoms with E-state index < -0.39 is 5.97 Å². The zero-order valence-electron chi connectivity index (χ0n) is 19.3. The average Bonchev–Trinajstić information content (AvgIpc) is 3.54. The summed E-state index contributed by atoms with van der Waals surface area (Å²) >= 11 is 1.62. The number of pyridine rings is 1. The Balaban J connectivity index is 1.73. The predicted octanol–water partition coefficient (Wildman–Crippen LogP) is 5.41. The molecule has 0 saturated heterocycles. The second-order valence-corrected chi connectivity index (χ2v) is 10.6. The van der Waals surface area contributed by atoms with E-state index in [-0.39, 0.29) is 34.8 Å². The monoisotopic (exact) mass is 465 g/mol. The van der Waals surface area contributed by atoms with Crippen molar-refractivity contribution in [3.63, 3.8) is 0 Å². The van der Waals surface area contributed by atoms with Crippen molar-refractivity contribution in [3.8, 4) is 16.2 Å². The smallest absolute Gasteiger partial charge is 0.343 e. The SMILES string of the molecule is CCOC(=O)c1cn(C2CC2)c2c(OC)c(-c3cc4c(s3)CCC(C)(C)C4=O)ccc2c1=O. The lowest BCUT2D eigenvalue weighted by Crippen LogP contribution is -2.29. The molecule has 5 rings (SSSR count). The fourth-order valence-corrected chi connectivity index (χ4v) is 5.84. The van der Waals surface area contributed by atoms with Gasteiger partial charge < -0.3 is 14.0 Å².